The molecule has 0 unspecified atom stereocenters. The summed E-state index contributed by atoms with van der Waals surface area (Å²) in [6, 6.07) is 24.6. The van der Waals surface area contributed by atoms with Gasteiger partial charge in [0.05, 0.1) is 42.5 Å². The van der Waals surface area contributed by atoms with Gasteiger partial charge in [0.25, 0.3) is 5.91 Å². The lowest BCUT2D eigenvalue weighted by Crippen LogP contribution is -2.25. The number of carbonyl (C=O) groups is 1. The topological polar surface area (TPSA) is 96.9 Å². The van der Waals surface area contributed by atoms with Crippen LogP contribution in [0, 0.1) is 0 Å². The van der Waals surface area contributed by atoms with Gasteiger partial charge in [-0.1, -0.05) is 60.7 Å². The first-order valence-corrected chi connectivity index (χ1v) is 14.9. The molecular formula is C30H32N5O4P. The molecule has 0 radical (unpaired) electrons. The molecular weight excluding hydrogens is 525 g/mol. The highest BCUT2D eigenvalue weighted by Crippen LogP contribution is 2.49. The lowest BCUT2D eigenvalue weighted by atomic mass is 10.2. The highest BCUT2D eigenvalue weighted by atomic mass is 31.2. The quantitative estimate of drug-likeness (QED) is 0.216. The monoisotopic (exact) mass is 557 g/mol. The van der Waals surface area contributed by atoms with Gasteiger partial charge in [0.1, 0.15) is 5.82 Å². The van der Waals surface area contributed by atoms with Gasteiger partial charge in [-0.05, 0) is 36.2 Å². The van der Waals surface area contributed by atoms with Crippen LogP contribution in [0.5, 0.6) is 0 Å². The number of amides is 1. The average molecular weight is 558 g/mol. The van der Waals surface area contributed by atoms with Crippen molar-refractivity contribution in [3.63, 3.8) is 0 Å². The molecule has 206 valence electrons. The third kappa shape index (κ3) is 6.23. The molecule has 1 aliphatic heterocycles. The third-order valence-corrected chi connectivity index (χ3v) is 8.43. The maximum absolute atomic E-state index is 13.8. The lowest BCUT2D eigenvalue weighted by Gasteiger charge is -2.22. The van der Waals surface area contributed by atoms with Crippen molar-refractivity contribution in [1.29, 1.82) is 0 Å². The summed E-state index contributed by atoms with van der Waals surface area (Å²) >= 11 is 0. The van der Waals surface area contributed by atoms with Gasteiger partial charge in [-0.15, -0.1) is 0 Å². The van der Waals surface area contributed by atoms with Crippen LogP contribution in [0.4, 0.5) is 23.0 Å². The number of fused-ring (bicyclic) bond motifs is 2. The fourth-order valence-electron chi connectivity index (χ4n) is 4.47. The Balaban J connectivity index is 1.31. The van der Waals surface area contributed by atoms with Crippen molar-refractivity contribution >= 4 is 36.5 Å². The van der Waals surface area contributed by atoms with Crippen molar-refractivity contribution in [1.82, 2.24) is 9.97 Å². The molecule has 1 aliphatic rings. The van der Waals surface area contributed by atoms with Gasteiger partial charge in [-0.2, -0.15) is 0 Å². The SMILES string of the molecule is CCN1c2ncc(NCCP(=O)(OCc3ccccc3)OCc3ccccc3)cc2C(=O)N(C)c2cccnc21. The second-order valence-electron chi connectivity index (χ2n) is 9.33. The van der Waals surface area contributed by atoms with Crippen LogP contribution in [-0.4, -0.2) is 42.2 Å². The molecule has 9 nitrogen and oxygen atoms in total. The van der Waals surface area contributed by atoms with E-state index in [4.69, 9.17) is 9.05 Å². The van der Waals surface area contributed by atoms with E-state index in [1.54, 1.807) is 30.4 Å². The van der Waals surface area contributed by atoms with Crippen LogP contribution in [0.2, 0.25) is 0 Å². The maximum Gasteiger partial charge on any atom is 0.333 e. The van der Waals surface area contributed by atoms with Crippen LogP contribution >= 0.6 is 7.60 Å². The van der Waals surface area contributed by atoms with Gasteiger partial charge >= 0.3 is 7.60 Å². The Hall–Kier alpha value is -4.04. The van der Waals surface area contributed by atoms with Gasteiger partial charge in [0.15, 0.2) is 5.82 Å². The number of benzene rings is 2. The van der Waals surface area contributed by atoms with Gasteiger partial charge in [0.2, 0.25) is 0 Å². The summed E-state index contributed by atoms with van der Waals surface area (Å²) < 4.78 is 25.5. The predicted octanol–water partition coefficient (Wildman–Crippen LogP) is 6.26. The van der Waals surface area contributed by atoms with Crippen molar-refractivity contribution in [2.45, 2.75) is 20.1 Å². The second kappa shape index (κ2) is 12.4. The van der Waals surface area contributed by atoms with Crippen LogP contribution in [0.25, 0.3) is 0 Å². The molecule has 2 aromatic heterocycles. The lowest BCUT2D eigenvalue weighted by molar-refractivity contribution is 0.0994. The van der Waals surface area contributed by atoms with Gasteiger partial charge in [0, 0.05) is 26.3 Å². The number of anilines is 4. The fourth-order valence-corrected chi connectivity index (χ4v) is 5.88. The molecule has 1 N–H and O–H groups in total. The molecule has 0 saturated carbocycles. The largest absolute Gasteiger partial charge is 0.383 e. The average Bonchev–Trinajstić information content (AvgIpc) is 3.08. The second-order valence-corrected chi connectivity index (χ2v) is 11.5. The molecule has 0 atom stereocenters. The standard InChI is InChI=1S/C30H32N5O4P/c1-3-35-28-26(30(36)34(2)27-15-10-16-32-29(27)35)19-25(20-33-28)31-17-18-40(37,38-21-23-11-6-4-7-12-23)39-22-24-13-8-5-9-14-24/h4-16,19-20,31H,3,17-18,21-22H2,1-2H3. The van der Waals surface area contributed by atoms with E-state index in [0.717, 1.165) is 11.1 Å². The van der Waals surface area contributed by atoms with Gasteiger partial charge in [-0.25, -0.2) is 9.97 Å². The van der Waals surface area contributed by atoms with Crippen molar-refractivity contribution in [2.75, 3.05) is 41.4 Å². The van der Waals surface area contributed by atoms with Crippen molar-refractivity contribution in [3.05, 3.63) is 108 Å². The molecule has 5 rings (SSSR count). The zero-order valence-electron chi connectivity index (χ0n) is 22.6. The summed E-state index contributed by atoms with van der Waals surface area (Å²) in [4.78, 5) is 26.1. The van der Waals surface area contributed by atoms with E-state index < -0.39 is 7.60 Å². The van der Waals surface area contributed by atoms with Crippen molar-refractivity contribution in [3.8, 4) is 0 Å². The summed E-state index contributed by atoms with van der Waals surface area (Å²) in [5.74, 6) is 1.05. The number of hydrogen-bond acceptors (Lipinski definition) is 8. The first-order valence-electron chi connectivity index (χ1n) is 13.2. The smallest absolute Gasteiger partial charge is 0.333 e. The molecule has 10 heteroatoms. The molecule has 0 bridgehead atoms. The Labute approximate surface area is 234 Å². The molecule has 40 heavy (non-hydrogen) atoms. The summed E-state index contributed by atoms with van der Waals surface area (Å²) in [5.41, 5.74) is 3.62. The number of hydrogen-bond donors (Lipinski definition) is 1. The molecule has 0 fully saturated rings. The Morgan fingerprint density at radius 2 is 1.52 bits per heavy atom. The zero-order chi connectivity index (χ0) is 28.0. The first-order chi connectivity index (χ1) is 19.5. The van der Waals surface area contributed by atoms with E-state index in [-0.39, 0.29) is 25.3 Å². The van der Waals surface area contributed by atoms with E-state index in [2.05, 4.69) is 15.3 Å². The van der Waals surface area contributed by atoms with E-state index in [1.807, 2.05) is 84.6 Å². The van der Waals surface area contributed by atoms with Gasteiger partial charge in [-0.3, -0.25) is 9.36 Å². The van der Waals surface area contributed by atoms with Crippen LogP contribution in [-0.2, 0) is 26.8 Å². The van der Waals surface area contributed by atoms with E-state index >= 15 is 0 Å². The fraction of sp³-hybridized carbons (Fsp3) is 0.233. The third-order valence-electron chi connectivity index (χ3n) is 6.61. The Bertz CT molecular complexity index is 1460. The molecule has 2 aromatic carbocycles. The van der Waals surface area contributed by atoms with Crippen molar-refractivity contribution in [2.24, 2.45) is 0 Å². The summed E-state index contributed by atoms with van der Waals surface area (Å²) in [6.07, 6.45) is 3.51. The molecule has 0 spiro atoms. The minimum absolute atomic E-state index is 0.133. The number of aromatic nitrogens is 2. The van der Waals surface area contributed by atoms with Gasteiger partial charge < -0.3 is 24.2 Å². The molecule has 1 amide bonds. The molecule has 4 aromatic rings. The Kier molecular flexibility index (Phi) is 8.55. The zero-order valence-corrected chi connectivity index (χ0v) is 23.5. The molecule has 0 saturated heterocycles. The van der Waals surface area contributed by atoms with E-state index in [9.17, 15) is 9.36 Å². The van der Waals surface area contributed by atoms with Crippen molar-refractivity contribution < 1.29 is 18.4 Å². The van der Waals surface area contributed by atoms with E-state index in [1.165, 1.54) is 0 Å². The van der Waals surface area contributed by atoms with Crippen LogP contribution in [0.15, 0.2) is 91.3 Å². The number of nitrogens with one attached hydrogen (secondary N) is 1. The Morgan fingerprint density at radius 1 is 0.875 bits per heavy atom. The van der Waals surface area contributed by atoms with E-state index in [0.29, 0.717) is 41.7 Å². The molecule has 3 heterocycles. The Morgan fingerprint density at radius 3 is 2.15 bits per heavy atom. The van der Waals surface area contributed by atoms with Crippen LogP contribution in [0.3, 0.4) is 0 Å². The number of pyridine rings is 2. The summed E-state index contributed by atoms with van der Waals surface area (Å²) in [7, 11) is -1.74. The highest BCUT2D eigenvalue weighted by Gasteiger charge is 2.31. The maximum atomic E-state index is 13.8. The normalized spacial score (nSPS) is 13.0. The first kappa shape index (κ1) is 27.5. The number of nitrogens with zero attached hydrogens (tertiary/aromatic N) is 4. The highest BCUT2D eigenvalue weighted by molar-refractivity contribution is 7.53. The van der Waals surface area contributed by atoms with Crippen LogP contribution in [0.1, 0.15) is 28.4 Å². The van der Waals surface area contributed by atoms with Crippen LogP contribution < -0.4 is 15.1 Å². The predicted molar refractivity (Wildman–Crippen MR) is 157 cm³/mol. The summed E-state index contributed by atoms with van der Waals surface area (Å²) in [6.45, 7) is 3.24. The number of carbonyl (C=O) groups excluding carboxylic acids is 1. The molecule has 0 aliphatic carbocycles. The number of rotatable bonds is 11. The summed E-state index contributed by atoms with van der Waals surface area (Å²) in [5, 5.41) is 3.26. The minimum atomic E-state index is -3.47. The minimum Gasteiger partial charge on any atom is -0.383 e.